The molecule has 0 aromatic heterocycles. The smallest absolute Gasteiger partial charge is 0.196 e. The number of hydrogen-bond acceptors (Lipinski definition) is 1. The van der Waals surface area contributed by atoms with Crippen molar-refractivity contribution in [2.45, 2.75) is 0 Å². The maximum atomic E-state index is 12.2. The summed E-state index contributed by atoms with van der Waals surface area (Å²) in [5, 5.41) is 0.802. The van der Waals surface area contributed by atoms with Gasteiger partial charge in [0.2, 0.25) is 0 Å². The summed E-state index contributed by atoms with van der Waals surface area (Å²) >= 11 is 17.9. The van der Waals surface area contributed by atoms with Gasteiger partial charge in [0, 0.05) is 5.56 Å². The number of carbonyl (C=O) groups excluding carboxylic acids is 1. The van der Waals surface area contributed by atoms with Gasteiger partial charge in [0.15, 0.2) is 5.78 Å². The molecule has 0 bridgehead atoms. The number of carbonyl (C=O) groups is 1. The minimum atomic E-state index is -0.233. The Labute approximate surface area is 114 Å². The van der Waals surface area contributed by atoms with Crippen LogP contribution in [-0.2, 0) is 0 Å². The SMILES string of the molecule is O=C(c1ccccc1)c1c(Cl)ccc(Cl)c1Cl. The van der Waals surface area contributed by atoms with Crippen LogP contribution in [0.4, 0.5) is 0 Å². The summed E-state index contributed by atoms with van der Waals surface area (Å²) in [5.74, 6) is -0.233. The van der Waals surface area contributed by atoms with E-state index in [4.69, 9.17) is 34.8 Å². The van der Waals surface area contributed by atoms with Crippen molar-refractivity contribution in [2.24, 2.45) is 0 Å². The molecule has 2 rings (SSSR count). The van der Waals surface area contributed by atoms with Gasteiger partial charge >= 0.3 is 0 Å². The monoisotopic (exact) mass is 284 g/mol. The Hall–Kier alpha value is -1.02. The molecule has 17 heavy (non-hydrogen) atoms. The van der Waals surface area contributed by atoms with Crippen LogP contribution in [0.2, 0.25) is 15.1 Å². The molecule has 1 nitrogen and oxygen atoms in total. The van der Waals surface area contributed by atoms with Crippen LogP contribution >= 0.6 is 34.8 Å². The second-order valence-corrected chi connectivity index (χ2v) is 4.61. The molecule has 0 spiro atoms. The van der Waals surface area contributed by atoms with Crippen molar-refractivity contribution in [2.75, 3.05) is 0 Å². The molecule has 0 unspecified atom stereocenters. The fourth-order valence-corrected chi connectivity index (χ4v) is 2.17. The third-order valence-electron chi connectivity index (χ3n) is 2.31. The lowest BCUT2D eigenvalue weighted by Gasteiger charge is -2.07. The van der Waals surface area contributed by atoms with Gasteiger partial charge in [-0.3, -0.25) is 4.79 Å². The molecule has 0 fully saturated rings. The van der Waals surface area contributed by atoms with Crippen molar-refractivity contribution in [3.63, 3.8) is 0 Å². The average Bonchev–Trinajstić information content (AvgIpc) is 2.35. The first kappa shape index (κ1) is 12.4. The van der Waals surface area contributed by atoms with E-state index in [2.05, 4.69) is 0 Å². The zero-order valence-electron chi connectivity index (χ0n) is 8.58. The molecule has 0 aliphatic heterocycles. The first-order valence-electron chi connectivity index (χ1n) is 4.84. The fraction of sp³-hybridized carbons (Fsp3) is 0. The van der Waals surface area contributed by atoms with E-state index in [1.54, 1.807) is 36.4 Å². The van der Waals surface area contributed by atoms with Gasteiger partial charge in [-0.15, -0.1) is 0 Å². The highest BCUT2D eigenvalue weighted by Gasteiger charge is 2.18. The van der Waals surface area contributed by atoms with Gasteiger partial charge in [0.05, 0.1) is 20.6 Å². The van der Waals surface area contributed by atoms with Crippen LogP contribution in [0.15, 0.2) is 42.5 Å². The molecule has 4 heteroatoms. The van der Waals surface area contributed by atoms with Crippen LogP contribution in [0.3, 0.4) is 0 Å². The van der Waals surface area contributed by atoms with Crippen LogP contribution in [0.25, 0.3) is 0 Å². The van der Waals surface area contributed by atoms with Crippen LogP contribution in [-0.4, -0.2) is 5.78 Å². The first-order valence-corrected chi connectivity index (χ1v) is 5.98. The highest BCUT2D eigenvalue weighted by Crippen LogP contribution is 2.32. The summed E-state index contributed by atoms with van der Waals surface area (Å²) in [6, 6.07) is 11.9. The Morgan fingerprint density at radius 2 is 1.41 bits per heavy atom. The number of halogens is 3. The average molecular weight is 286 g/mol. The summed E-state index contributed by atoms with van der Waals surface area (Å²) in [6.45, 7) is 0. The first-order chi connectivity index (χ1) is 8.11. The van der Waals surface area contributed by atoms with E-state index in [-0.39, 0.29) is 16.4 Å². The number of benzene rings is 2. The maximum absolute atomic E-state index is 12.2. The van der Waals surface area contributed by atoms with Gasteiger partial charge in [0.1, 0.15) is 0 Å². The predicted molar refractivity (Wildman–Crippen MR) is 71.3 cm³/mol. The molecule has 0 saturated heterocycles. The van der Waals surface area contributed by atoms with E-state index in [1.807, 2.05) is 6.07 Å². The lowest BCUT2D eigenvalue weighted by atomic mass is 10.0. The second-order valence-electron chi connectivity index (χ2n) is 3.41. The number of hydrogen-bond donors (Lipinski definition) is 0. The Balaban J connectivity index is 2.56. The van der Waals surface area contributed by atoms with E-state index in [0.717, 1.165) is 0 Å². The maximum Gasteiger partial charge on any atom is 0.196 e. The van der Waals surface area contributed by atoms with Gasteiger partial charge in [-0.25, -0.2) is 0 Å². The topological polar surface area (TPSA) is 17.1 Å². The molecule has 2 aromatic rings. The number of ketones is 1. The molecule has 0 heterocycles. The van der Waals surface area contributed by atoms with Gasteiger partial charge in [0.25, 0.3) is 0 Å². The zero-order chi connectivity index (χ0) is 12.4. The normalized spacial score (nSPS) is 10.3. The van der Waals surface area contributed by atoms with Crippen molar-refractivity contribution in [1.82, 2.24) is 0 Å². The van der Waals surface area contributed by atoms with E-state index in [1.165, 1.54) is 0 Å². The molecular formula is C13H7Cl3O. The Kier molecular flexibility index (Phi) is 3.72. The lowest BCUT2D eigenvalue weighted by Crippen LogP contribution is -2.03. The van der Waals surface area contributed by atoms with Crippen molar-refractivity contribution in [3.8, 4) is 0 Å². The Morgan fingerprint density at radius 1 is 0.824 bits per heavy atom. The van der Waals surface area contributed by atoms with Crippen molar-refractivity contribution in [3.05, 3.63) is 68.7 Å². The minimum Gasteiger partial charge on any atom is -0.288 e. The molecule has 0 saturated carbocycles. The van der Waals surface area contributed by atoms with Crippen LogP contribution in [0, 0.1) is 0 Å². The fourth-order valence-electron chi connectivity index (χ4n) is 1.47. The third-order valence-corrected chi connectivity index (χ3v) is 3.43. The third kappa shape index (κ3) is 2.47. The summed E-state index contributed by atoms with van der Waals surface area (Å²) in [4.78, 5) is 12.2. The van der Waals surface area contributed by atoms with Gasteiger partial charge in [-0.1, -0.05) is 65.1 Å². The quantitative estimate of drug-likeness (QED) is 0.568. The van der Waals surface area contributed by atoms with Crippen molar-refractivity contribution in [1.29, 1.82) is 0 Å². The predicted octanol–water partition coefficient (Wildman–Crippen LogP) is 4.88. The molecule has 0 amide bonds. The zero-order valence-corrected chi connectivity index (χ0v) is 10.9. The Morgan fingerprint density at radius 3 is 2.06 bits per heavy atom. The van der Waals surface area contributed by atoms with Crippen LogP contribution in [0.1, 0.15) is 15.9 Å². The lowest BCUT2D eigenvalue weighted by molar-refractivity contribution is 0.103. The van der Waals surface area contributed by atoms with E-state index >= 15 is 0 Å². The summed E-state index contributed by atoms with van der Waals surface area (Å²) in [6.07, 6.45) is 0. The highest BCUT2D eigenvalue weighted by molar-refractivity contribution is 6.47. The second kappa shape index (κ2) is 5.09. The van der Waals surface area contributed by atoms with Crippen molar-refractivity contribution < 1.29 is 4.79 Å². The van der Waals surface area contributed by atoms with Gasteiger partial charge in [-0.05, 0) is 12.1 Å². The van der Waals surface area contributed by atoms with E-state index in [0.29, 0.717) is 15.6 Å². The van der Waals surface area contributed by atoms with Crippen LogP contribution in [0.5, 0.6) is 0 Å². The molecule has 0 radical (unpaired) electrons. The molecule has 0 aliphatic carbocycles. The summed E-state index contributed by atoms with van der Waals surface area (Å²) in [5.41, 5.74) is 0.769. The summed E-state index contributed by atoms with van der Waals surface area (Å²) < 4.78 is 0. The molecular weight excluding hydrogens is 279 g/mol. The molecule has 0 aliphatic rings. The Bertz CT molecular complexity index is 564. The molecule has 0 atom stereocenters. The van der Waals surface area contributed by atoms with E-state index in [9.17, 15) is 4.79 Å². The largest absolute Gasteiger partial charge is 0.288 e. The highest BCUT2D eigenvalue weighted by atomic mass is 35.5. The van der Waals surface area contributed by atoms with E-state index < -0.39 is 0 Å². The van der Waals surface area contributed by atoms with Gasteiger partial charge in [-0.2, -0.15) is 0 Å². The minimum absolute atomic E-state index is 0.188. The molecule has 0 N–H and O–H groups in total. The molecule has 86 valence electrons. The van der Waals surface area contributed by atoms with Crippen molar-refractivity contribution >= 4 is 40.6 Å². The summed E-state index contributed by atoms with van der Waals surface area (Å²) in [7, 11) is 0. The number of rotatable bonds is 2. The molecule has 2 aromatic carbocycles. The van der Waals surface area contributed by atoms with Gasteiger partial charge < -0.3 is 0 Å². The van der Waals surface area contributed by atoms with Crippen LogP contribution < -0.4 is 0 Å². The standard InChI is InChI=1S/C13H7Cl3O/c14-9-6-7-10(15)12(16)11(9)13(17)8-4-2-1-3-5-8/h1-7H.